The Morgan fingerprint density at radius 3 is 2.41 bits per heavy atom. The molecule has 0 atom stereocenters. The summed E-state index contributed by atoms with van der Waals surface area (Å²) in [6, 6.07) is 8.74. The Labute approximate surface area is 164 Å². The van der Waals surface area contributed by atoms with Crippen molar-refractivity contribution in [2.75, 3.05) is 31.2 Å². The first-order chi connectivity index (χ1) is 12.8. The molecule has 0 aromatic heterocycles. The highest BCUT2D eigenvalue weighted by molar-refractivity contribution is 6.33. The van der Waals surface area contributed by atoms with Gasteiger partial charge in [-0.3, -0.25) is 9.59 Å². The van der Waals surface area contributed by atoms with Gasteiger partial charge in [0.05, 0.1) is 23.4 Å². The maximum atomic E-state index is 12.9. The van der Waals surface area contributed by atoms with E-state index in [2.05, 4.69) is 5.32 Å². The summed E-state index contributed by atoms with van der Waals surface area (Å²) < 4.78 is 5.24. The largest absolute Gasteiger partial charge is 0.496 e. The molecule has 0 aliphatic rings. The van der Waals surface area contributed by atoms with E-state index in [0.29, 0.717) is 18.0 Å². The fourth-order valence-electron chi connectivity index (χ4n) is 2.77. The molecule has 2 rings (SSSR count). The van der Waals surface area contributed by atoms with Crippen LogP contribution in [0.3, 0.4) is 0 Å². The van der Waals surface area contributed by atoms with Gasteiger partial charge in [-0.05, 0) is 38.0 Å². The molecule has 2 amide bonds. The molecule has 0 heterocycles. The van der Waals surface area contributed by atoms with Crippen molar-refractivity contribution >= 4 is 34.8 Å². The van der Waals surface area contributed by atoms with Crippen molar-refractivity contribution in [3.8, 4) is 5.75 Å². The number of methoxy groups -OCH3 is 1. The van der Waals surface area contributed by atoms with Crippen LogP contribution in [0.1, 0.15) is 28.4 Å². The number of para-hydroxylation sites is 1. The number of carbonyl (C=O) groups is 2. The van der Waals surface area contributed by atoms with Crippen molar-refractivity contribution in [2.24, 2.45) is 0 Å². The summed E-state index contributed by atoms with van der Waals surface area (Å²) in [6.07, 6.45) is 0. The van der Waals surface area contributed by atoms with Crippen LogP contribution >= 0.6 is 11.6 Å². The van der Waals surface area contributed by atoms with Crippen LogP contribution in [0.5, 0.6) is 5.75 Å². The number of aryl methyl sites for hydroxylation is 2. The lowest BCUT2D eigenvalue weighted by Gasteiger charge is -2.22. The fraction of sp³-hybridized carbons (Fsp3) is 0.300. The van der Waals surface area contributed by atoms with Crippen molar-refractivity contribution < 1.29 is 14.3 Å². The van der Waals surface area contributed by atoms with Crippen LogP contribution in [-0.2, 0) is 4.79 Å². The molecular weight excluding hydrogens is 366 g/mol. The summed E-state index contributed by atoms with van der Waals surface area (Å²) in [7, 11) is 1.45. The number of nitrogens with one attached hydrogen (secondary N) is 1. The number of halogens is 1. The van der Waals surface area contributed by atoms with Crippen LogP contribution in [-0.4, -0.2) is 36.9 Å². The molecule has 0 saturated heterocycles. The minimum absolute atomic E-state index is 0.0890. The fourth-order valence-corrected chi connectivity index (χ4v) is 2.93. The summed E-state index contributed by atoms with van der Waals surface area (Å²) in [6.45, 7) is 5.91. The monoisotopic (exact) mass is 389 g/mol. The summed E-state index contributed by atoms with van der Waals surface area (Å²) in [4.78, 5) is 26.8. The third-order valence-electron chi connectivity index (χ3n) is 4.30. The second-order valence-electron chi connectivity index (χ2n) is 6.21. The van der Waals surface area contributed by atoms with Gasteiger partial charge in [0.25, 0.3) is 5.91 Å². The molecule has 2 aromatic carbocycles. The van der Waals surface area contributed by atoms with Gasteiger partial charge in [-0.2, -0.15) is 0 Å². The Morgan fingerprint density at radius 1 is 1.22 bits per heavy atom. The second kappa shape index (κ2) is 8.77. The molecule has 0 fully saturated rings. The molecule has 6 nitrogen and oxygen atoms in total. The van der Waals surface area contributed by atoms with Gasteiger partial charge in [0.2, 0.25) is 5.91 Å². The van der Waals surface area contributed by atoms with E-state index in [9.17, 15) is 9.59 Å². The molecule has 0 bridgehead atoms. The maximum Gasteiger partial charge on any atom is 0.258 e. The number of carbonyl (C=O) groups excluding carboxylic acids is 2. The number of amides is 2. The Kier molecular flexibility index (Phi) is 6.69. The van der Waals surface area contributed by atoms with Crippen LogP contribution in [0.15, 0.2) is 30.3 Å². The number of nitrogens with two attached hydrogens (primary N) is 1. The minimum atomic E-state index is -0.354. The third kappa shape index (κ3) is 4.71. The number of benzene rings is 2. The molecule has 0 radical (unpaired) electrons. The van der Waals surface area contributed by atoms with Gasteiger partial charge in [0.15, 0.2) is 0 Å². The highest BCUT2D eigenvalue weighted by atomic mass is 35.5. The van der Waals surface area contributed by atoms with E-state index < -0.39 is 0 Å². The second-order valence-corrected chi connectivity index (χ2v) is 6.62. The van der Waals surface area contributed by atoms with E-state index in [1.54, 1.807) is 6.92 Å². The smallest absolute Gasteiger partial charge is 0.258 e. The van der Waals surface area contributed by atoms with E-state index >= 15 is 0 Å². The first-order valence-corrected chi connectivity index (χ1v) is 8.94. The molecule has 3 N–H and O–H groups in total. The number of nitrogens with zero attached hydrogens (tertiary/aromatic N) is 1. The zero-order valence-corrected chi connectivity index (χ0v) is 16.7. The topological polar surface area (TPSA) is 84.7 Å². The highest BCUT2D eigenvalue weighted by Gasteiger charge is 2.22. The maximum absolute atomic E-state index is 12.9. The Morgan fingerprint density at radius 2 is 1.85 bits per heavy atom. The lowest BCUT2D eigenvalue weighted by Crippen LogP contribution is -2.38. The van der Waals surface area contributed by atoms with Crippen molar-refractivity contribution in [2.45, 2.75) is 20.8 Å². The van der Waals surface area contributed by atoms with Crippen molar-refractivity contribution in [3.63, 3.8) is 0 Å². The van der Waals surface area contributed by atoms with Crippen LogP contribution in [0.25, 0.3) is 0 Å². The zero-order valence-electron chi connectivity index (χ0n) is 15.9. The Bertz CT molecular complexity index is 848. The van der Waals surface area contributed by atoms with Gasteiger partial charge >= 0.3 is 0 Å². The van der Waals surface area contributed by atoms with Gasteiger partial charge in [-0.25, -0.2) is 0 Å². The average molecular weight is 390 g/mol. The highest BCUT2D eigenvalue weighted by Crippen LogP contribution is 2.29. The van der Waals surface area contributed by atoms with E-state index in [-0.39, 0.29) is 28.9 Å². The van der Waals surface area contributed by atoms with Crippen LogP contribution < -0.4 is 15.8 Å². The van der Waals surface area contributed by atoms with Gasteiger partial charge < -0.3 is 20.7 Å². The lowest BCUT2D eigenvalue weighted by molar-refractivity contribution is -0.116. The number of nitrogen functional groups attached to an aromatic ring is 1. The van der Waals surface area contributed by atoms with Gasteiger partial charge in [0.1, 0.15) is 12.3 Å². The van der Waals surface area contributed by atoms with Crippen LogP contribution in [0, 0.1) is 13.8 Å². The van der Waals surface area contributed by atoms with E-state index in [1.807, 2.05) is 32.0 Å². The van der Waals surface area contributed by atoms with E-state index in [4.69, 9.17) is 22.1 Å². The summed E-state index contributed by atoms with van der Waals surface area (Å²) >= 11 is 6.05. The SMILES string of the molecule is CCN(CC(=O)Nc1c(C)cccc1C)C(=O)c1cc(Cl)c(N)cc1OC. The molecule has 0 aliphatic heterocycles. The molecule has 0 unspecified atom stereocenters. The normalized spacial score (nSPS) is 10.4. The van der Waals surface area contributed by atoms with Gasteiger partial charge in [-0.1, -0.05) is 29.8 Å². The third-order valence-corrected chi connectivity index (χ3v) is 4.63. The zero-order chi connectivity index (χ0) is 20.1. The summed E-state index contributed by atoms with van der Waals surface area (Å²) in [5.74, 6) is -0.313. The first kappa shape index (κ1) is 20.6. The first-order valence-electron chi connectivity index (χ1n) is 8.56. The molecule has 7 heteroatoms. The van der Waals surface area contributed by atoms with Gasteiger partial charge in [0, 0.05) is 18.3 Å². The van der Waals surface area contributed by atoms with Crippen LogP contribution in [0.4, 0.5) is 11.4 Å². The molecule has 0 aliphatic carbocycles. The minimum Gasteiger partial charge on any atom is -0.496 e. The quantitative estimate of drug-likeness (QED) is 0.738. The molecule has 0 saturated carbocycles. The molecule has 2 aromatic rings. The number of hydrogen-bond donors (Lipinski definition) is 2. The van der Waals surface area contributed by atoms with E-state index in [0.717, 1.165) is 16.8 Å². The number of likely N-dealkylation sites (N-methyl/N-ethyl adjacent to an activating group) is 1. The molecule has 144 valence electrons. The van der Waals surface area contributed by atoms with Gasteiger partial charge in [-0.15, -0.1) is 0 Å². The van der Waals surface area contributed by atoms with Crippen LogP contribution in [0.2, 0.25) is 5.02 Å². The Balaban J connectivity index is 2.21. The standard InChI is InChI=1S/C20H24ClN3O3/c1-5-24(11-18(25)23-19-12(2)7-6-8-13(19)3)20(26)14-9-15(21)16(22)10-17(14)27-4/h6-10H,5,11,22H2,1-4H3,(H,23,25). The van der Waals surface area contributed by atoms with E-state index in [1.165, 1.54) is 24.1 Å². The molecular formula is C20H24ClN3O3. The number of ether oxygens (including phenoxy) is 1. The Hall–Kier alpha value is -2.73. The molecule has 0 spiro atoms. The summed E-state index contributed by atoms with van der Waals surface area (Å²) in [5.41, 5.74) is 9.04. The number of rotatable bonds is 6. The predicted octanol–water partition coefficient (Wildman–Crippen LogP) is 3.65. The number of anilines is 2. The molecule has 27 heavy (non-hydrogen) atoms. The van der Waals surface area contributed by atoms with Crippen molar-refractivity contribution in [3.05, 3.63) is 52.0 Å². The average Bonchev–Trinajstić information content (AvgIpc) is 2.64. The van der Waals surface area contributed by atoms with Crippen molar-refractivity contribution in [1.82, 2.24) is 4.90 Å². The van der Waals surface area contributed by atoms with Crippen molar-refractivity contribution in [1.29, 1.82) is 0 Å². The summed E-state index contributed by atoms with van der Waals surface area (Å²) in [5, 5.41) is 3.15. The number of hydrogen-bond acceptors (Lipinski definition) is 4. The predicted molar refractivity (Wildman–Crippen MR) is 109 cm³/mol. The lowest BCUT2D eigenvalue weighted by atomic mass is 10.1.